The van der Waals surface area contributed by atoms with Crippen molar-refractivity contribution >= 4 is 34.3 Å². The van der Waals surface area contributed by atoms with Gasteiger partial charge >= 0.3 is 0 Å². The number of nitrogens with one attached hydrogen (secondary N) is 2. The summed E-state index contributed by atoms with van der Waals surface area (Å²) in [6.07, 6.45) is 1.55. The lowest BCUT2D eigenvalue weighted by Gasteiger charge is -2.14. The molecule has 7 heteroatoms. The largest absolute Gasteiger partial charge is 0.382 e. The van der Waals surface area contributed by atoms with Crippen LogP contribution in [-0.4, -0.2) is 34.0 Å². The summed E-state index contributed by atoms with van der Waals surface area (Å²) in [6.45, 7) is 0. The van der Waals surface area contributed by atoms with Crippen LogP contribution in [0.2, 0.25) is 0 Å². The molecule has 0 bridgehead atoms. The Bertz CT molecular complexity index is 747. The number of benzene rings is 1. The number of nitrogens with two attached hydrogens (primary N) is 1. The molecule has 0 spiro atoms. The highest BCUT2D eigenvalue weighted by atomic mass is 15.2. The lowest BCUT2D eigenvalue weighted by atomic mass is 10.2. The maximum atomic E-state index is 5.86. The molecule has 0 unspecified atom stereocenters. The summed E-state index contributed by atoms with van der Waals surface area (Å²) in [6, 6.07) is 7.95. The molecule has 0 aliphatic carbocycles. The van der Waals surface area contributed by atoms with Crippen LogP contribution in [0.1, 0.15) is 0 Å². The van der Waals surface area contributed by atoms with Crippen molar-refractivity contribution in [2.24, 2.45) is 0 Å². The van der Waals surface area contributed by atoms with Crippen LogP contribution in [0, 0.1) is 0 Å². The minimum Gasteiger partial charge on any atom is -0.382 e. The number of nitrogens with zero attached hydrogens (tertiary/aromatic N) is 4. The molecule has 0 aliphatic rings. The Hall–Kier alpha value is -2.83. The van der Waals surface area contributed by atoms with E-state index in [1.165, 1.54) is 0 Å². The van der Waals surface area contributed by atoms with E-state index in [-0.39, 0.29) is 0 Å². The number of aromatic nitrogens is 4. The molecule has 4 N–H and O–H groups in total. The highest BCUT2D eigenvalue weighted by Gasteiger charge is 2.07. The van der Waals surface area contributed by atoms with Crippen LogP contribution in [0.3, 0.4) is 0 Å². The van der Waals surface area contributed by atoms with Crippen molar-refractivity contribution in [2.75, 3.05) is 30.0 Å². The van der Waals surface area contributed by atoms with Crippen molar-refractivity contribution in [1.29, 1.82) is 0 Å². The Kier molecular flexibility index (Phi) is 2.86. The van der Waals surface area contributed by atoms with Gasteiger partial charge in [-0.05, 0) is 18.2 Å². The van der Waals surface area contributed by atoms with Gasteiger partial charge in [-0.1, -0.05) is 6.07 Å². The first-order chi connectivity index (χ1) is 9.63. The van der Waals surface area contributed by atoms with Gasteiger partial charge in [0.1, 0.15) is 5.52 Å². The predicted octanol–water partition coefficient (Wildman–Crippen LogP) is 1.74. The predicted molar refractivity (Wildman–Crippen MR) is 80.1 cm³/mol. The van der Waals surface area contributed by atoms with E-state index in [1.807, 2.05) is 43.3 Å². The molecule has 0 atom stereocenters. The molecule has 2 heterocycles. The Morgan fingerprint density at radius 3 is 2.90 bits per heavy atom. The molecule has 0 fully saturated rings. The van der Waals surface area contributed by atoms with Crippen molar-refractivity contribution in [3.8, 4) is 0 Å². The van der Waals surface area contributed by atoms with Gasteiger partial charge in [-0.2, -0.15) is 9.97 Å². The monoisotopic (exact) mass is 269 g/mol. The molecule has 1 aromatic carbocycles. The number of rotatable bonds is 3. The first-order valence-corrected chi connectivity index (χ1v) is 6.14. The molecule has 20 heavy (non-hydrogen) atoms. The number of hydrogen-bond donors (Lipinski definition) is 3. The number of imidazole rings is 1. The van der Waals surface area contributed by atoms with Crippen LogP contribution in [-0.2, 0) is 0 Å². The number of hydrogen-bond acceptors (Lipinski definition) is 6. The minimum absolute atomic E-state index is 0.374. The Morgan fingerprint density at radius 2 is 2.10 bits per heavy atom. The van der Waals surface area contributed by atoms with Crippen LogP contribution in [0.25, 0.3) is 11.2 Å². The van der Waals surface area contributed by atoms with Gasteiger partial charge in [0.05, 0.1) is 6.33 Å². The van der Waals surface area contributed by atoms with E-state index >= 15 is 0 Å². The molecule has 0 saturated heterocycles. The maximum Gasteiger partial charge on any atom is 0.231 e. The fourth-order valence-corrected chi connectivity index (χ4v) is 1.90. The van der Waals surface area contributed by atoms with E-state index in [4.69, 9.17) is 5.73 Å². The Morgan fingerprint density at radius 1 is 1.25 bits per heavy atom. The zero-order chi connectivity index (χ0) is 14.1. The summed E-state index contributed by atoms with van der Waals surface area (Å²) in [5.41, 5.74) is 9.04. The standard InChI is InChI=1S/C13H15N7/c1-20(2)9-5-3-4-8(6-9)17-13-18-11(14)10-12(19-13)16-7-15-10/h3-7H,1-2H3,(H4,14,15,16,17,18,19). The van der Waals surface area contributed by atoms with Crippen LogP contribution < -0.4 is 16.0 Å². The van der Waals surface area contributed by atoms with Gasteiger partial charge in [0.15, 0.2) is 11.5 Å². The lowest BCUT2D eigenvalue weighted by molar-refractivity contribution is 1.13. The van der Waals surface area contributed by atoms with E-state index in [9.17, 15) is 0 Å². The minimum atomic E-state index is 0.374. The third kappa shape index (κ3) is 2.20. The van der Waals surface area contributed by atoms with E-state index in [1.54, 1.807) is 6.33 Å². The van der Waals surface area contributed by atoms with Crippen molar-refractivity contribution < 1.29 is 0 Å². The molecule has 0 radical (unpaired) electrons. The fraction of sp³-hybridized carbons (Fsp3) is 0.154. The van der Waals surface area contributed by atoms with Gasteiger partial charge in [-0.3, -0.25) is 0 Å². The molecule has 0 amide bonds. The lowest BCUT2D eigenvalue weighted by Crippen LogP contribution is -2.08. The maximum absolute atomic E-state index is 5.86. The highest BCUT2D eigenvalue weighted by molar-refractivity contribution is 5.82. The zero-order valence-corrected chi connectivity index (χ0v) is 11.3. The zero-order valence-electron chi connectivity index (χ0n) is 11.3. The first-order valence-electron chi connectivity index (χ1n) is 6.14. The van der Waals surface area contributed by atoms with Crippen molar-refractivity contribution in [1.82, 2.24) is 19.9 Å². The Balaban J connectivity index is 1.94. The number of fused-ring (bicyclic) bond motifs is 1. The van der Waals surface area contributed by atoms with Crippen molar-refractivity contribution in [3.05, 3.63) is 30.6 Å². The molecule has 0 saturated carbocycles. The van der Waals surface area contributed by atoms with Crippen LogP contribution >= 0.6 is 0 Å². The number of aromatic amines is 1. The van der Waals surface area contributed by atoms with Gasteiger partial charge in [0.25, 0.3) is 0 Å². The molecule has 102 valence electrons. The second-order valence-electron chi connectivity index (χ2n) is 4.60. The molecule has 0 aliphatic heterocycles. The SMILES string of the molecule is CN(C)c1cccc(Nc2nc(N)c3[nH]cnc3n2)c1. The quantitative estimate of drug-likeness (QED) is 0.670. The van der Waals surface area contributed by atoms with E-state index in [2.05, 4.69) is 25.3 Å². The summed E-state index contributed by atoms with van der Waals surface area (Å²) in [5.74, 6) is 0.803. The fourth-order valence-electron chi connectivity index (χ4n) is 1.90. The third-order valence-corrected chi connectivity index (χ3v) is 2.93. The second kappa shape index (κ2) is 4.69. The van der Waals surface area contributed by atoms with E-state index in [0.717, 1.165) is 11.4 Å². The van der Waals surface area contributed by atoms with Crippen molar-refractivity contribution in [2.45, 2.75) is 0 Å². The number of H-pyrrole nitrogens is 1. The van der Waals surface area contributed by atoms with E-state index < -0.39 is 0 Å². The smallest absolute Gasteiger partial charge is 0.231 e. The van der Waals surface area contributed by atoms with Crippen LogP contribution in [0.5, 0.6) is 0 Å². The summed E-state index contributed by atoms with van der Waals surface area (Å²) < 4.78 is 0. The summed E-state index contributed by atoms with van der Waals surface area (Å²) in [4.78, 5) is 17.5. The molecular weight excluding hydrogens is 254 g/mol. The topological polar surface area (TPSA) is 95.8 Å². The first kappa shape index (κ1) is 12.2. The summed E-state index contributed by atoms with van der Waals surface area (Å²) in [7, 11) is 3.98. The third-order valence-electron chi connectivity index (χ3n) is 2.93. The van der Waals surface area contributed by atoms with Gasteiger partial charge in [0, 0.05) is 25.5 Å². The van der Waals surface area contributed by atoms with E-state index in [0.29, 0.717) is 22.9 Å². The van der Waals surface area contributed by atoms with Crippen LogP contribution in [0.4, 0.5) is 23.1 Å². The summed E-state index contributed by atoms with van der Waals surface area (Å²) in [5, 5.41) is 3.14. The molecule has 3 aromatic rings. The average molecular weight is 269 g/mol. The molecule has 7 nitrogen and oxygen atoms in total. The summed E-state index contributed by atoms with van der Waals surface area (Å²) >= 11 is 0. The van der Waals surface area contributed by atoms with Gasteiger partial charge < -0.3 is 20.9 Å². The molecule has 3 rings (SSSR count). The van der Waals surface area contributed by atoms with Gasteiger partial charge in [0.2, 0.25) is 5.95 Å². The number of anilines is 4. The average Bonchev–Trinajstić information content (AvgIpc) is 2.88. The van der Waals surface area contributed by atoms with Crippen LogP contribution in [0.15, 0.2) is 30.6 Å². The van der Waals surface area contributed by atoms with Crippen molar-refractivity contribution in [3.63, 3.8) is 0 Å². The highest BCUT2D eigenvalue weighted by Crippen LogP contribution is 2.22. The van der Waals surface area contributed by atoms with Gasteiger partial charge in [-0.25, -0.2) is 4.98 Å². The normalized spacial score (nSPS) is 10.7. The van der Waals surface area contributed by atoms with Gasteiger partial charge in [-0.15, -0.1) is 0 Å². The second-order valence-corrected chi connectivity index (χ2v) is 4.60. The number of nitrogen functional groups attached to an aromatic ring is 1. The molecular formula is C13H15N7. The molecule has 2 aromatic heterocycles. The Labute approximate surface area is 115 Å².